The van der Waals surface area contributed by atoms with Crippen molar-refractivity contribution in [1.82, 2.24) is 5.32 Å². The maximum atomic E-state index is 13.0. The summed E-state index contributed by atoms with van der Waals surface area (Å²) in [6.45, 7) is 1.84. The molecule has 0 bridgehead atoms. The molecule has 3 nitrogen and oxygen atoms in total. The Labute approximate surface area is 133 Å². The maximum absolute atomic E-state index is 13.0. The molecule has 0 radical (unpaired) electrons. The van der Waals surface area contributed by atoms with Gasteiger partial charge in [-0.05, 0) is 36.2 Å². The van der Waals surface area contributed by atoms with Gasteiger partial charge in [-0.15, -0.1) is 0 Å². The van der Waals surface area contributed by atoms with Crippen LogP contribution in [0, 0.1) is 5.82 Å². The van der Waals surface area contributed by atoms with Crippen LogP contribution in [-0.4, -0.2) is 5.91 Å². The van der Waals surface area contributed by atoms with E-state index in [-0.39, 0.29) is 23.5 Å². The van der Waals surface area contributed by atoms with Gasteiger partial charge in [-0.3, -0.25) is 4.79 Å². The van der Waals surface area contributed by atoms with E-state index in [0.29, 0.717) is 0 Å². The lowest BCUT2D eigenvalue weighted by Crippen LogP contribution is -2.26. The number of benzene rings is 2. The molecule has 1 unspecified atom stereocenters. The Morgan fingerprint density at radius 1 is 1.04 bits per heavy atom. The molecule has 1 N–H and O–H groups in total. The smallest absolute Gasteiger partial charge is 0.288 e. The van der Waals surface area contributed by atoms with Gasteiger partial charge in [-0.1, -0.05) is 42.5 Å². The summed E-state index contributed by atoms with van der Waals surface area (Å²) in [6, 6.07) is 17.2. The Morgan fingerprint density at radius 2 is 1.74 bits per heavy atom. The highest BCUT2D eigenvalue weighted by Crippen LogP contribution is 2.25. The minimum atomic E-state index is -0.301. The van der Waals surface area contributed by atoms with Crippen molar-refractivity contribution in [3.8, 4) is 11.1 Å². The summed E-state index contributed by atoms with van der Waals surface area (Å²) in [7, 11) is 0. The first-order chi connectivity index (χ1) is 11.1. The minimum Gasteiger partial charge on any atom is -0.459 e. The lowest BCUT2D eigenvalue weighted by molar-refractivity contribution is 0.0913. The van der Waals surface area contributed by atoms with E-state index < -0.39 is 0 Å². The van der Waals surface area contributed by atoms with E-state index in [0.717, 1.165) is 16.7 Å². The molecular formula is C19H16FNO2. The molecule has 1 amide bonds. The van der Waals surface area contributed by atoms with Gasteiger partial charge < -0.3 is 9.73 Å². The first kappa shape index (κ1) is 15.0. The topological polar surface area (TPSA) is 42.2 Å². The third-order valence-corrected chi connectivity index (χ3v) is 3.67. The molecule has 0 spiro atoms. The second-order valence-electron chi connectivity index (χ2n) is 5.28. The zero-order chi connectivity index (χ0) is 16.2. The zero-order valence-corrected chi connectivity index (χ0v) is 12.6. The van der Waals surface area contributed by atoms with Crippen molar-refractivity contribution in [2.75, 3.05) is 0 Å². The number of nitrogens with one attached hydrogen (secondary N) is 1. The van der Waals surface area contributed by atoms with Gasteiger partial charge in [-0.25, -0.2) is 4.39 Å². The van der Waals surface area contributed by atoms with E-state index in [2.05, 4.69) is 5.32 Å². The SMILES string of the molecule is CC(NC(=O)c1occc1-c1ccccc1)c1ccc(F)cc1. The van der Waals surface area contributed by atoms with E-state index in [4.69, 9.17) is 4.42 Å². The summed E-state index contributed by atoms with van der Waals surface area (Å²) in [6.07, 6.45) is 1.50. The fourth-order valence-corrected chi connectivity index (χ4v) is 2.43. The Hall–Kier alpha value is -2.88. The first-order valence-corrected chi connectivity index (χ1v) is 7.34. The number of halogens is 1. The predicted octanol–water partition coefficient (Wildman–Crippen LogP) is 4.58. The summed E-state index contributed by atoms with van der Waals surface area (Å²) in [4.78, 5) is 12.5. The molecule has 4 heteroatoms. The summed E-state index contributed by atoms with van der Waals surface area (Å²) < 4.78 is 18.3. The summed E-state index contributed by atoms with van der Waals surface area (Å²) in [5, 5.41) is 2.87. The van der Waals surface area contributed by atoms with Crippen molar-refractivity contribution in [2.24, 2.45) is 0 Å². The molecule has 1 heterocycles. The van der Waals surface area contributed by atoms with Crippen LogP contribution < -0.4 is 5.32 Å². The molecule has 0 fully saturated rings. The second-order valence-corrected chi connectivity index (χ2v) is 5.28. The van der Waals surface area contributed by atoms with E-state index in [1.807, 2.05) is 37.3 Å². The predicted molar refractivity (Wildman–Crippen MR) is 86.4 cm³/mol. The lowest BCUT2D eigenvalue weighted by atomic mass is 10.1. The highest BCUT2D eigenvalue weighted by atomic mass is 19.1. The molecule has 3 aromatic rings. The van der Waals surface area contributed by atoms with Gasteiger partial charge in [-0.2, -0.15) is 0 Å². The zero-order valence-electron chi connectivity index (χ0n) is 12.6. The van der Waals surface area contributed by atoms with Crippen molar-refractivity contribution in [3.63, 3.8) is 0 Å². The molecule has 0 aliphatic heterocycles. The summed E-state index contributed by atoms with van der Waals surface area (Å²) >= 11 is 0. The van der Waals surface area contributed by atoms with Crippen LogP contribution in [0.2, 0.25) is 0 Å². The normalized spacial score (nSPS) is 11.9. The third kappa shape index (κ3) is 3.31. The standard InChI is InChI=1S/C19H16FNO2/c1-13(14-7-9-16(20)10-8-14)21-19(22)18-17(11-12-23-18)15-5-3-2-4-6-15/h2-13H,1H3,(H,21,22). The number of furan rings is 1. The number of carbonyl (C=O) groups is 1. The molecule has 1 atom stereocenters. The van der Waals surface area contributed by atoms with Crippen molar-refractivity contribution in [2.45, 2.75) is 13.0 Å². The van der Waals surface area contributed by atoms with Crippen molar-refractivity contribution in [1.29, 1.82) is 0 Å². The van der Waals surface area contributed by atoms with Gasteiger partial charge >= 0.3 is 0 Å². The molecule has 0 saturated heterocycles. The van der Waals surface area contributed by atoms with Crippen molar-refractivity contribution in [3.05, 3.63) is 84.1 Å². The van der Waals surface area contributed by atoms with Gasteiger partial charge in [0.05, 0.1) is 12.3 Å². The lowest BCUT2D eigenvalue weighted by Gasteiger charge is -2.14. The molecule has 0 aliphatic carbocycles. The summed E-state index contributed by atoms with van der Waals surface area (Å²) in [5.74, 6) is -0.333. The summed E-state index contributed by atoms with van der Waals surface area (Å²) in [5.41, 5.74) is 2.49. The molecular weight excluding hydrogens is 293 g/mol. The number of carbonyl (C=O) groups excluding carboxylic acids is 1. The largest absolute Gasteiger partial charge is 0.459 e. The first-order valence-electron chi connectivity index (χ1n) is 7.34. The number of rotatable bonds is 4. The molecule has 23 heavy (non-hydrogen) atoms. The Balaban J connectivity index is 1.79. The monoisotopic (exact) mass is 309 g/mol. The van der Waals surface area contributed by atoms with Gasteiger partial charge in [0.25, 0.3) is 5.91 Å². The minimum absolute atomic E-state index is 0.253. The Morgan fingerprint density at radius 3 is 2.43 bits per heavy atom. The number of hydrogen-bond acceptors (Lipinski definition) is 2. The molecule has 0 saturated carbocycles. The van der Waals surface area contributed by atoms with Crippen LogP contribution in [0.1, 0.15) is 29.1 Å². The fraction of sp³-hybridized carbons (Fsp3) is 0.105. The van der Waals surface area contributed by atoms with Gasteiger partial charge in [0.2, 0.25) is 0 Å². The van der Waals surface area contributed by atoms with Crippen LogP contribution in [0.15, 0.2) is 71.3 Å². The average Bonchev–Trinajstić information content (AvgIpc) is 3.06. The van der Waals surface area contributed by atoms with Gasteiger partial charge in [0, 0.05) is 5.56 Å². The van der Waals surface area contributed by atoms with Gasteiger partial charge in [0.1, 0.15) is 5.82 Å². The molecule has 1 aromatic heterocycles. The van der Waals surface area contributed by atoms with Crippen LogP contribution in [-0.2, 0) is 0 Å². The third-order valence-electron chi connectivity index (χ3n) is 3.67. The number of hydrogen-bond donors (Lipinski definition) is 1. The van der Waals surface area contributed by atoms with Crippen LogP contribution in [0.25, 0.3) is 11.1 Å². The maximum Gasteiger partial charge on any atom is 0.288 e. The van der Waals surface area contributed by atoms with Crippen LogP contribution in [0.4, 0.5) is 4.39 Å². The van der Waals surface area contributed by atoms with Crippen molar-refractivity contribution >= 4 is 5.91 Å². The van der Waals surface area contributed by atoms with E-state index in [1.165, 1.54) is 18.4 Å². The molecule has 2 aromatic carbocycles. The highest BCUT2D eigenvalue weighted by molar-refractivity contribution is 5.98. The van der Waals surface area contributed by atoms with E-state index >= 15 is 0 Å². The van der Waals surface area contributed by atoms with Crippen LogP contribution in [0.5, 0.6) is 0 Å². The second kappa shape index (κ2) is 6.48. The highest BCUT2D eigenvalue weighted by Gasteiger charge is 2.19. The van der Waals surface area contributed by atoms with Crippen molar-refractivity contribution < 1.29 is 13.6 Å². The average molecular weight is 309 g/mol. The van der Waals surface area contributed by atoms with E-state index in [9.17, 15) is 9.18 Å². The molecule has 3 rings (SSSR count). The van der Waals surface area contributed by atoms with Crippen LogP contribution >= 0.6 is 0 Å². The Kier molecular flexibility index (Phi) is 4.24. The Bertz CT molecular complexity index is 794. The quantitative estimate of drug-likeness (QED) is 0.766. The molecule has 0 aliphatic rings. The molecule has 116 valence electrons. The van der Waals surface area contributed by atoms with E-state index in [1.54, 1.807) is 18.2 Å². The van der Waals surface area contributed by atoms with Crippen LogP contribution in [0.3, 0.4) is 0 Å². The number of amides is 1. The van der Waals surface area contributed by atoms with Gasteiger partial charge in [0.15, 0.2) is 5.76 Å². The fourth-order valence-electron chi connectivity index (χ4n) is 2.43.